The van der Waals surface area contributed by atoms with Crippen LogP contribution in [0, 0.1) is 5.92 Å². The summed E-state index contributed by atoms with van der Waals surface area (Å²) in [6, 6.07) is 5.22. The molecule has 0 radical (unpaired) electrons. The van der Waals surface area contributed by atoms with Gasteiger partial charge in [0.25, 0.3) is 0 Å². The van der Waals surface area contributed by atoms with Crippen LogP contribution >= 0.6 is 23.2 Å². The number of aliphatic carboxylic acids is 1. The number of ether oxygens (including phenoxy) is 1. The summed E-state index contributed by atoms with van der Waals surface area (Å²) in [7, 11) is 0. The lowest BCUT2D eigenvalue weighted by Crippen LogP contribution is -2.55. The van der Waals surface area contributed by atoms with Gasteiger partial charge in [-0.25, -0.2) is 4.79 Å². The molecule has 1 saturated heterocycles. The van der Waals surface area contributed by atoms with Crippen molar-refractivity contribution in [3.8, 4) is 0 Å². The summed E-state index contributed by atoms with van der Waals surface area (Å²) in [6.07, 6.45) is 0.952. The summed E-state index contributed by atoms with van der Waals surface area (Å²) in [5, 5.41) is 13.0. The van der Waals surface area contributed by atoms with Crippen molar-refractivity contribution in [3.63, 3.8) is 0 Å². The summed E-state index contributed by atoms with van der Waals surface area (Å²) >= 11 is 11.9. The molecule has 1 aliphatic carbocycles. The Balaban J connectivity index is 1.69. The molecule has 1 saturated carbocycles. The molecule has 2 aliphatic rings. The predicted molar refractivity (Wildman–Crippen MR) is 81.3 cm³/mol. The molecule has 2 fully saturated rings. The predicted octanol–water partition coefficient (Wildman–Crippen LogP) is 2.46. The second-order valence-electron chi connectivity index (χ2n) is 5.83. The van der Waals surface area contributed by atoms with Crippen LogP contribution < -0.4 is 5.32 Å². The maximum atomic E-state index is 12.3. The van der Waals surface area contributed by atoms with Crippen LogP contribution in [-0.4, -0.2) is 35.7 Å². The second kappa shape index (κ2) is 5.72. The lowest BCUT2D eigenvalue weighted by Gasteiger charge is -2.23. The fraction of sp³-hybridized carbons (Fsp3) is 0.467. The molecule has 2 N–H and O–H groups in total. The summed E-state index contributed by atoms with van der Waals surface area (Å²) in [6.45, 7) is 0.346. The van der Waals surface area contributed by atoms with Crippen molar-refractivity contribution < 1.29 is 19.4 Å². The number of nitrogens with one attached hydrogen (secondary N) is 1. The minimum Gasteiger partial charge on any atom is -0.479 e. The number of hydrogen-bond acceptors (Lipinski definition) is 3. The molecule has 0 aromatic heterocycles. The maximum Gasteiger partial charge on any atom is 0.331 e. The average molecular weight is 344 g/mol. The van der Waals surface area contributed by atoms with Gasteiger partial charge in [0.15, 0.2) is 5.54 Å². The van der Waals surface area contributed by atoms with Crippen molar-refractivity contribution in [2.24, 2.45) is 5.92 Å². The third kappa shape index (κ3) is 2.93. The highest BCUT2D eigenvalue weighted by Crippen LogP contribution is 2.49. The van der Waals surface area contributed by atoms with Crippen molar-refractivity contribution in [2.45, 2.75) is 24.3 Å². The number of amides is 1. The van der Waals surface area contributed by atoms with E-state index in [1.54, 1.807) is 18.2 Å². The fourth-order valence-corrected chi connectivity index (χ4v) is 3.40. The smallest absolute Gasteiger partial charge is 0.331 e. The standard InChI is InChI=1S/C15H15Cl2NO4/c16-9-3-8(4-10(17)5-9)11-6-12(11)13(19)18-15(14(20)21)1-2-22-7-15/h3-5,11-12H,1-2,6-7H2,(H,18,19)(H,20,21). The summed E-state index contributed by atoms with van der Waals surface area (Å²) < 4.78 is 5.14. The molecule has 3 unspecified atom stereocenters. The number of hydrogen-bond donors (Lipinski definition) is 2. The monoisotopic (exact) mass is 343 g/mol. The molecule has 1 aliphatic heterocycles. The summed E-state index contributed by atoms with van der Waals surface area (Å²) in [5.41, 5.74) is -0.388. The van der Waals surface area contributed by atoms with Gasteiger partial charge in [0, 0.05) is 29.0 Å². The summed E-state index contributed by atoms with van der Waals surface area (Å²) in [4.78, 5) is 23.7. The first kappa shape index (κ1) is 15.6. The Labute approximate surface area is 137 Å². The number of carbonyl (C=O) groups excluding carboxylic acids is 1. The molecular formula is C15H15Cl2NO4. The van der Waals surface area contributed by atoms with E-state index < -0.39 is 11.5 Å². The Bertz CT molecular complexity index is 608. The zero-order valence-corrected chi connectivity index (χ0v) is 13.2. The van der Waals surface area contributed by atoms with Gasteiger partial charge in [-0.3, -0.25) is 4.79 Å². The van der Waals surface area contributed by atoms with E-state index in [0.717, 1.165) is 5.56 Å². The van der Waals surface area contributed by atoms with Gasteiger partial charge in [0.2, 0.25) is 5.91 Å². The van der Waals surface area contributed by atoms with E-state index in [1.807, 2.05) is 0 Å². The van der Waals surface area contributed by atoms with Gasteiger partial charge in [-0.2, -0.15) is 0 Å². The van der Waals surface area contributed by atoms with Gasteiger partial charge in [-0.05, 0) is 36.1 Å². The molecule has 1 amide bonds. The Hall–Kier alpha value is -1.30. The van der Waals surface area contributed by atoms with Crippen molar-refractivity contribution in [1.29, 1.82) is 0 Å². The molecule has 5 nitrogen and oxygen atoms in total. The van der Waals surface area contributed by atoms with E-state index >= 15 is 0 Å². The molecule has 7 heteroatoms. The van der Waals surface area contributed by atoms with Gasteiger partial charge in [-0.15, -0.1) is 0 Å². The zero-order valence-electron chi connectivity index (χ0n) is 11.6. The van der Waals surface area contributed by atoms with Crippen molar-refractivity contribution >= 4 is 35.1 Å². The summed E-state index contributed by atoms with van der Waals surface area (Å²) in [5.74, 6) is -1.52. The first-order valence-corrected chi connectivity index (χ1v) is 7.76. The molecule has 22 heavy (non-hydrogen) atoms. The highest BCUT2D eigenvalue weighted by molar-refractivity contribution is 6.34. The van der Waals surface area contributed by atoms with Crippen LogP contribution in [-0.2, 0) is 14.3 Å². The van der Waals surface area contributed by atoms with E-state index in [-0.39, 0.29) is 30.8 Å². The first-order valence-electron chi connectivity index (χ1n) is 7.00. The lowest BCUT2D eigenvalue weighted by molar-refractivity contribution is -0.147. The third-order valence-electron chi connectivity index (χ3n) is 4.23. The fourth-order valence-electron chi connectivity index (χ4n) is 2.86. The Morgan fingerprint density at radius 3 is 2.50 bits per heavy atom. The molecule has 3 rings (SSSR count). The number of carbonyl (C=O) groups is 2. The number of rotatable bonds is 4. The molecule has 1 heterocycles. The molecule has 118 valence electrons. The average Bonchev–Trinajstić information content (AvgIpc) is 3.10. The lowest BCUT2D eigenvalue weighted by atomic mass is 9.98. The number of carboxylic acids is 1. The topological polar surface area (TPSA) is 75.6 Å². The number of halogens is 2. The Morgan fingerprint density at radius 2 is 1.95 bits per heavy atom. The molecule has 1 aromatic rings. The third-order valence-corrected chi connectivity index (χ3v) is 4.67. The zero-order chi connectivity index (χ0) is 15.9. The molecule has 0 bridgehead atoms. The van der Waals surface area contributed by atoms with Gasteiger partial charge >= 0.3 is 5.97 Å². The van der Waals surface area contributed by atoms with Crippen LogP contribution in [0.4, 0.5) is 0 Å². The first-order chi connectivity index (χ1) is 10.4. The van der Waals surface area contributed by atoms with Crippen LogP contribution in [0.3, 0.4) is 0 Å². The molecule has 0 spiro atoms. The van der Waals surface area contributed by atoms with E-state index in [1.165, 1.54) is 0 Å². The minimum atomic E-state index is -1.30. The van der Waals surface area contributed by atoms with E-state index in [0.29, 0.717) is 23.1 Å². The molecular weight excluding hydrogens is 329 g/mol. The van der Waals surface area contributed by atoms with Gasteiger partial charge in [0.1, 0.15) is 0 Å². The van der Waals surface area contributed by atoms with Crippen LogP contribution in [0.5, 0.6) is 0 Å². The normalized spacial score (nSPS) is 30.1. The van der Waals surface area contributed by atoms with Gasteiger partial charge < -0.3 is 15.2 Å². The van der Waals surface area contributed by atoms with Gasteiger partial charge in [0.05, 0.1) is 6.61 Å². The van der Waals surface area contributed by atoms with Crippen molar-refractivity contribution in [3.05, 3.63) is 33.8 Å². The molecule has 1 aromatic carbocycles. The van der Waals surface area contributed by atoms with Crippen LogP contribution in [0.25, 0.3) is 0 Å². The van der Waals surface area contributed by atoms with Crippen LogP contribution in [0.2, 0.25) is 10.0 Å². The van der Waals surface area contributed by atoms with Crippen molar-refractivity contribution in [2.75, 3.05) is 13.2 Å². The Morgan fingerprint density at radius 1 is 1.27 bits per heavy atom. The van der Waals surface area contributed by atoms with Crippen LogP contribution in [0.15, 0.2) is 18.2 Å². The second-order valence-corrected chi connectivity index (χ2v) is 6.70. The van der Waals surface area contributed by atoms with Gasteiger partial charge in [-0.1, -0.05) is 23.2 Å². The quantitative estimate of drug-likeness (QED) is 0.880. The molecule has 3 atom stereocenters. The minimum absolute atomic E-state index is 0.00839. The highest BCUT2D eigenvalue weighted by Gasteiger charge is 2.50. The highest BCUT2D eigenvalue weighted by atomic mass is 35.5. The largest absolute Gasteiger partial charge is 0.479 e. The van der Waals surface area contributed by atoms with Crippen LogP contribution in [0.1, 0.15) is 24.3 Å². The Kier molecular flexibility index (Phi) is 4.05. The van der Waals surface area contributed by atoms with E-state index in [9.17, 15) is 14.7 Å². The number of benzene rings is 1. The SMILES string of the molecule is O=C(NC1(C(=O)O)CCOC1)C1CC1c1cc(Cl)cc(Cl)c1. The maximum absolute atomic E-state index is 12.3. The van der Waals surface area contributed by atoms with E-state index in [4.69, 9.17) is 27.9 Å². The number of carboxylic acid groups (broad SMARTS) is 1. The van der Waals surface area contributed by atoms with E-state index in [2.05, 4.69) is 5.32 Å². The van der Waals surface area contributed by atoms with Crippen molar-refractivity contribution in [1.82, 2.24) is 5.32 Å².